The number of aromatic nitrogens is 7. The largest absolute Gasteiger partial charge is 0.497 e. The minimum atomic E-state index is -3.54. The molecule has 1 unspecified atom stereocenters. The van der Waals surface area contributed by atoms with E-state index in [-0.39, 0.29) is 67.2 Å². The van der Waals surface area contributed by atoms with Crippen LogP contribution in [0.5, 0.6) is 11.5 Å². The molecule has 1 aliphatic carbocycles. The van der Waals surface area contributed by atoms with E-state index >= 15 is 4.39 Å². The van der Waals surface area contributed by atoms with Gasteiger partial charge in [0.15, 0.2) is 29.7 Å². The smallest absolute Gasteiger partial charge is 0.189 e. The Morgan fingerprint density at radius 3 is 1.66 bits per heavy atom. The van der Waals surface area contributed by atoms with Gasteiger partial charge in [-0.05, 0) is 87.9 Å². The zero-order valence-corrected chi connectivity index (χ0v) is 50.2. The van der Waals surface area contributed by atoms with E-state index in [0.717, 1.165) is 33.4 Å². The van der Waals surface area contributed by atoms with Crippen LogP contribution in [-0.2, 0) is 46.3 Å². The van der Waals surface area contributed by atoms with Crippen LogP contribution in [0.4, 0.5) is 4.39 Å². The maximum Gasteiger partial charge on any atom is 0.189 e. The van der Waals surface area contributed by atoms with Crippen molar-refractivity contribution in [3.05, 3.63) is 245 Å². The Labute approximate surface area is 512 Å². The highest BCUT2D eigenvalue weighted by atomic mass is 35.5. The second kappa shape index (κ2) is 25.9. The average Bonchev–Trinajstić information content (AvgIpc) is 1.27. The van der Waals surface area contributed by atoms with E-state index in [4.69, 9.17) is 67.7 Å². The van der Waals surface area contributed by atoms with Crippen molar-refractivity contribution in [3.63, 3.8) is 0 Å². The molecule has 8 atom stereocenters. The number of hydrogen-bond acceptors (Lipinski definition) is 14. The molecule has 0 radical (unpaired) electrons. The highest BCUT2D eigenvalue weighted by molar-refractivity contribution is 8.09. The average molecular weight is 1230 g/mol. The Hall–Kier alpha value is -7.46. The summed E-state index contributed by atoms with van der Waals surface area (Å²) >= 11 is 19.8. The van der Waals surface area contributed by atoms with Gasteiger partial charge in [0.2, 0.25) is 0 Å². The number of ether oxygens (including phenoxy) is 5. The summed E-state index contributed by atoms with van der Waals surface area (Å²) < 4.78 is 68.9. The van der Waals surface area contributed by atoms with Gasteiger partial charge in [-0.3, -0.25) is 0 Å². The molecular formula is C66H60Cl2FN8O7PS. The molecule has 0 N–H and O–H groups in total. The van der Waals surface area contributed by atoms with Crippen molar-refractivity contribution in [2.75, 3.05) is 46.8 Å². The fourth-order valence-electron chi connectivity index (χ4n) is 12.2. The van der Waals surface area contributed by atoms with Gasteiger partial charge >= 0.3 is 0 Å². The molecule has 15 nitrogen and oxygen atoms in total. The quantitative estimate of drug-likeness (QED) is 0.0243. The summed E-state index contributed by atoms with van der Waals surface area (Å²) in [6, 6.07) is 59.6. The summed E-state index contributed by atoms with van der Waals surface area (Å²) in [5.41, 5.74) is 4.33. The second-order valence-electron chi connectivity index (χ2n) is 21.2. The molecule has 2 fully saturated rings. The summed E-state index contributed by atoms with van der Waals surface area (Å²) in [5, 5.41) is 10.9. The molecule has 1 saturated carbocycles. The summed E-state index contributed by atoms with van der Waals surface area (Å²) in [7, 11) is 3.23. The summed E-state index contributed by atoms with van der Waals surface area (Å²) in [6.07, 6.45) is 2.85. The molecule has 5 heterocycles. The molecule has 0 bridgehead atoms. The van der Waals surface area contributed by atoms with Crippen LogP contribution >= 0.6 is 29.7 Å². The Morgan fingerprint density at radius 2 is 1.13 bits per heavy atom. The number of alkyl halides is 1. The van der Waals surface area contributed by atoms with Crippen molar-refractivity contribution in [1.82, 2.24) is 34.1 Å². The van der Waals surface area contributed by atoms with Gasteiger partial charge in [-0.15, -0.1) is 0 Å². The number of halogens is 3. The number of imidazole rings is 1. The molecule has 438 valence electrons. The van der Waals surface area contributed by atoms with Crippen molar-refractivity contribution in [1.29, 1.82) is 5.26 Å². The molecule has 4 aromatic heterocycles. The zero-order valence-electron chi connectivity index (χ0n) is 47.0. The maximum absolute atomic E-state index is 18.4. The van der Waals surface area contributed by atoms with Crippen molar-refractivity contribution in [2.24, 2.45) is 17.8 Å². The molecule has 12 rings (SSSR count). The lowest BCUT2D eigenvalue weighted by Gasteiger charge is -2.47. The van der Waals surface area contributed by atoms with E-state index in [9.17, 15) is 5.26 Å². The van der Waals surface area contributed by atoms with Crippen LogP contribution in [0.2, 0.25) is 10.3 Å². The first-order valence-corrected chi connectivity index (χ1v) is 31.8. The molecule has 0 amide bonds. The Kier molecular flexibility index (Phi) is 17.7. The first-order valence-electron chi connectivity index (χ1n) is 28.2. The second-order valence-corrected chi connectivity index (χ2v) is 25.7. The van der Waals surface area contributed by atoms with Crippen LogP contribution in [0.1, 0.15) is 58.5 Å². The highest BCUT2D eigenvalue weighted by Gasteiger charge is 2.52. The number of hydrogen-bond donors (Lipinski definition) is 0. The minimum Gasteiger partial charge on any atom is -0.497 e. The normalized spacial score (nSPS) is 20.3. The number of methoxy groups -OCH3 is 2. The Balaban J connectivity index is 0.907. The minimum absolute atomic E-state index is 0.0247. The van der Waals surface area contributed by atoms with E-state index in [1.807, 2.05) is 138 Å². The number of benzene rings is 6. The highest BCUT2D eigenvalue weighted by Crippen LogP contribution is 2.57. The maximum atomic E-state index is 18.4. The lowest BCUT2D eigenvalue weighted by Crippen LogP contribution is -2.46. The lowest BCUT2D eigenvalue weighted by atomic mass is 9.69. The zero-order chi connectivity index (χ0) is 59.3. The van der Waals surface area contributed by atoms with Crippen molar-refractivity contribution in [3.8, 4) is 17.6 Å². The van der Waals surface area contributed by atoms with Crippen LogP contribution in [0.25, 0.3) is 22.2 Å². The van der Waals surface area contributed by atoms with Crippen molar-refractivity contribution >= 4 is 63.7 Å². The van der Waals surface area contributed by atoms with Crippen molar-refractivity contribution in [2.45, 2.75) is 48.6 Å². The number of fused-ring (bicyclic) bond motifs is 2. The van der Waals surface area contributed by atoms with E-state index in [1.165, 1.54) is 12.7 Å². The van der Waals surface area contributed by atoms with Crippen LogP contribution in [0.15, 0.2) is 201 Å². The summed E-state index contributed by atoms with van der Waals surface area (Å²) in [5.74, 6) is -0.0834. The predicted octanol–water partition coefficient (Wildman–Crippen LogP) is 13.9. The van der Waals surface area contributed by atoms with Gasteiger partial charge in [0.05, 0.1) is 71.0 Å². The third-order valence-electron chi connectivity index (χ3n) is 16.6. The van der Waals surface area contributed by atoms with E-state index in [1.54, 1.807) is 37.4 Å². The molecule has 86 heavy (non-hydrogen) atoms. The summed E-state index contributed by atoms with van der Waals surface area (Å²) in [6.45, 7) is -3.37. The van der Waals surface area contributed by atoms with Gasteiger partial charge in [0, 0.05) is 30.2 Å². The molecular weight excluding hydrogens is 1170 g/mol. The topological polar surface area (TPSA) is 163 Å². The van der Waals surface area contributed by atoms with Crippen LogP contribution < -0.4 is 9.47 Å². The molecule has 10 aromatic rings. The molecule has 2 aliphatic rings. The third kappa shape index (κ3) is 11.4. The van der Waals surface area contributed by atoms with Crippen LogP contribution in [0.3, 0.4) is 0 Å². The fourth-order valence-corrected chi connectivity index (χ4v) is 15.5. The van der Waals surface area contributed by atoms with Gasteiger partial charge in [-0.2, -0.15) is 5.26 Å². The summed E-state index contributed by atoms with van der Waals surface area (Å²) in [4.78, 5) is 22.2. The van der Waals surface area contributed by atoms with Gasteiger partial charge < -0.3 is 41.9 Å². The molecule has 0 spiro atoms. The molecule has 20 heteroatoms. The lowest BCUT2D eigenvalue weighted by molar-refractivity contribution is -0.0848. The number of rotatable bonds is 24. The first kappa shape index (κ1) is 58.9. The van der Waals surface area contributed by atoms with Gasteiger partial charge in [-0.25, -0.2) is 29.3 Å². The van der Waals surface area contributed by atoms with E-state index in [0.29, 0.717) is 40.1 Å². The van der Waals surface area contributed by atoms with Gasteiger partial charge in [0.25, 0.3) is 0 Å². The predicted molar refractivity (Wildman–Crippen MR) is 331 cm³/mol. The number of nitrogens with zero attached hydrogens (tertiary/aromatic N) is 8. The van der Waals surface area contributed by atoms with Gasteiger partial charge in [-0.1, -0.05) is 169 Å². The monoisotopic (exact) mass is 1230 g/mol. The van der Waals surface area contributed by atoms with E-state index in [2.05, 4.69) is 67.4 Å². The number of nitriles is 1. The molecule has 1 aliphatic heterocycles. The Bertz CT molecular complexity index is 3860. The molecule has 6 aromatic carbocycles. The SMILES string of the molecule is COc1ccc(C(OC[C@H]2O[C@@H](n3ccc4c(Cl)ncnc43)[C@@H](F)[C@@H]2CP(=S)(OCCC#N)OC[C@H]2C[C@@H](n3cnc4c(Cl)ncnc43)[C@@H]2COC(c2ccccc2)(c2ccccc2)c2ccccc2)(c2ccccc2)c2ccc(OC)cc2)cc1. The van der Waals surface area contributed by atoms with Gasteiger partial charge in [0.1, 0.15) is 51.7 Å². The van der Waals surface area contributed by atoms with Crippen LogP contribution in [0, 0.1) is 29.1 Å². The van der Waals surface area contributed by atoms with Crippen molar-refractivity contribution < 1.29 is 37.1 Å². The first-order chi connectivity index (χ1) is 42.1. The third-order valence-corrected chi connectivity index (χ3v) is 20.3. The van der Waals surface area contributed by atoms with E-state index < -0.39 is 42.1 Å². The standard InChI is InChI=1S/C66H60Cl2FN8O7PS/c1-78-51-28-24-49(25-29-51)66(48-22-13-6-14-23-48,50-26-30-52(79-2)31-27-50)81-39-57-55(58(69)64(84-57)76-34-32-53-60(67)71-41-73-62(53)76)40-85(86,82-35-15-33-70)83-37-44-36-56(77-43-75-59-61(68)72-42-74-63(59)77)54(44)38-80-65(45-16-7-3-8-17-45,46-18-9-4-10-19-46)47-20-11-5-12-21-47/h3-14,16-32,34,41-44,54-58,64H,15,35-40H2,1-2H3/t44-,54-,55-,56-,57-,58+,64-,85?/m1/s1. The Morgan fingerprint density at radius 1 is 0.616 bits per heavy atom. The fraction of sp³-hybridized carbons (Fsp3) is 0.273. The molecule has 1 saturated heterocycles. The van der Waals surface area contributed by atoms with Crippen LogP contribution in [-0.4, -0.2) is 93.1 Å².